The van der Waals surface area contributed by atoms with Crippen molar-refractivity contribution < 1.29 is 12.8 Å². The van der Waals surface area contributed by atoms with E-state index in [1.807, 2.05) is 13.8 Å². The van der Waals surface area contributed by atoms with Gasteiger partial charge in [0.1, 0.15) is 11.6 Å². The molecule has 0 saturated heterocycles. The maximum Gasteiger partial charge on any atom is 0.256 e. The number of aryl methyl sites for hydroxylation is 2. The Hall–Kier alpha value is -3.34. The lowest BCUT2D eigenvalue weighted by molar-refractivity contribution is 0.585. The molecule has 1 aromatic carbocycles. The molecular weight excluding hydrogens is 385 g/mol. The summed E-state index contributed by atoms with van der Waals surface area (Å²) in [6, 6.07) is 6.27. The lowest BCUT2D eigenvalue weighted by atomic mass is 10.3. The summed E-state index contributed by atoms with van der Waals surface area (Å²) in [5.41, 5.74) is 1.20. The fourth-order valence-electron chi connectivity index (χ4n) is 2.70. The van der Waals surface area contributed by atoms with Gasteiger partial charge in [-0.05, 0) is 38.1 Å². The van der Waals surface area contributed by atoms with Crippen LogP contribution in [0.5, 0.6) is 0 Å². The zero-order chi connectivity index (χ0) is 19.9. The molecule has 0 amide bonds. The number of sulfone groups is 1. The van der Waals surface area contributed by atoms with Gasteiger partial charge in [-0.3, -0.25) is 5.10 Å². The van der Waals surface area contributed by atoms with Crippen LogP contribution < -0.4 is 5.32 Å². The molecule has 3 heterocycles. The van der Waals surface area contributed by atoms with Gasteiger partial charge in [-0.15, -0.1) is 0 Å². The fraction of sp³-hybridized carbons (Fsp3) is 0.176. The maximum atomic E-state index is 13.2. The number of H-pyrrole nitrogens is 1. The van der Waals surface area contributed by atoms with Crippen LogP contribution in [0.3, 0.4) is 0 Å². The zero-order valence-corrected chi connectivity index (χ0v) is 15.8. The fourth-order valence-corrected chi connectivity index (χ4v) is 3.83. The molecule has 0 spiro atoms. The average Bonchev–Trinajstić information content (AvgIpc) is 3.27. The van der Waals surface area contributed by atoms with Crippen molar-refractivity contribution in [1.29, 1.82) is 0 Å². The van der Waals surface area contributed by atoms with Crippen LogP contribution in [-0.4, -0.2) is 38.4 Å². The van der Waals surface area contributed by atoms with E-state index in [2.05, 4.69) is 30.6 Å². The number of hydrogen-bond acceptors (Lipinski definition) is 7. The molecule has 28 heavy (non-hydrogen) atoms. The van der Waals surface area contributed by atoms with E-state index in [1.165, 1.54) is 12.1 Å². The Bertz CT molecular complexity index is 1260. The molecule has 4 rings (SSSR count). The first-order valence-corrected chi connectivity index (χ1v) is 9.90. The van der Waals surface area contributed by atoms with Gasteiger partial charge in [-0.1, -0.05) is 0 Å². The second kappa shape index (κ2) is 6.68. The molecule has 4 aromatic rings. The van der Waals surface area contributed by atoms with E-state index in [1.54, 1.807) is 16.9 Å². The van der Waals surface area contributed by atoms with Gasteiger partial charge in [-0.2, -0.15) is 20.2 Å². The van der Waals surface area contributed by atoms with E-state index >= 15 is 0 Å². The zero-order valence-electron chi connectivity index (χ0n) is 15.0. The van der Waals surface area contributed by atoms with Crippen LogP contribution in [0.1, 0.15) is 12.6 Å². The number of hydrogen-bond donors (Lipinski definition) is 2. The van der Waals surface area contributed by atoms with Crippen molar-refractivity contribution in [3.05, 3.63) is 48.0 Å². The number of fused-ring (bicyclic) bond motifs is 1. The largest absolute Gasteiger partial charge is 0.323 e. The molecule has 0 aliphatic rings. The highest BCUT2D eigenvalue weighted by atomic mass is 32.2. The predicted molar refractivity (Wildman–Crippen MR) is 99.5 cm³/mol. The Morgan fingerprint density at radius 2 is 1.96 bits per heavy atom. The van der Waals surface area contributed by atoms with Crippen molar-refractivity contribution in [3.8, 4) is 0 Å². The van der Waals surface area contributed by atoms with Crippen molar-refractivity contribution in [2.45, 2.75) is 30.4 Å². The van der Waals surface area contributed by atoms with Crippen molar-refractivity contribution >= 4 is 32.5 Å². The summed E-state index contributed by atoms with van der Waals surface area (Å²) in [6.07, 6.45) is 1.56. The van der Waals surface area contributed by atoms with Crippen LogP contribution in [0.2, 0.25) is 0 Å². The summed E-state index contributed by atoms with van der Waals surface area (Å²) in [7, 11) is -4.06. The molecule has 11 heteroatoms. The highest BCUT2D eigenvalue weighted by Gasteiger charge is 2.25. The molecule has 2 N–H and O–H groups in total. The smallest absolute Gasteiger partial charge is 0.256 e. The first-order valence-electron chi connectivity index (χ1n) is 8.41. The minimum absolute atomic E-state index is 0.0997. The molecule has 3 aromatic heterocycles. The molecular formula is C17H16FN7O2S. The van der Waals surface area contributed by atoms with Gasteiger partial charge in [0.05, 0.1) is 16.5 Å². The average molecular weight is 401 g/mol. The predicted octanol–water partition coefficient (Wildman–Crippen LogP) is 2.59. The number of aromatic nitrogens is 6. The summed E-state index contributed by atoms with van der Waals surface area (Å²) < 4.78 is 40.7. The van der Waals surface area contributed by atoms with Gasteiger partial charge in [0, 0.05) is 18.3 Å². The number of benzene rings is 1. The van der Waals surface area contributed by atoms with E-state index in [9.17, 15) is 12.8 Å². The highest BCUT2D eigenvalue weighted by molar-refractivity contribution is 7.91. The van der Waals surface area contributed by atoms with Gasteiger partial charge < -0.3 is 5.32 Å². The summed E-state index contributed by atoms with van der Waals surface area (Å²) in [6.45, 7) is 4.21. The molecule has 0 aliphatic heterocycles. The molecule has 0 aliphatic carbocycles. The first-order chi connectivity index (χ1) is 13.4. The van der Waals surface area contributed by atoms with Crippen molar-refractivity contribution in [2.24, 2.45) is 0 Å². The van der Waals surface area contributed by atoms with E-state index in [4.69, 9.17) is 0 Å². The minimum Gasteiger partial charge on any atom is -0.323 e. The highest BCUT2D eigenvalue weighted by Crippen LogP contribution is 2.27. The Balaban J connectivity index is 1.89. The number of nitrogens with zero attached hydrogens (tertiary/aromatic N) is 5. The number of halogens is 1. The van der Waals surface area contributed by atoms with E-state index in [0.29, 0.717) is 23.4 Å². The van der Waals surface area contributed by atoms with Gasteiger partial charge in [0.25, 0.3) is 5.16 Å². The van der Waals surface area contributed by atoms with Gasteiger partial charge >= 0.3 is 0 Å². The minimum atomic E-state index is -4.06. The third kappa shape index (κ3) is 3.09. The van der Waals surface area contributed by atoms with Crippen LogP contribution in [0.4, 0.5) is 16.0 Å². The van der Waals surface area contributed by atoms with Crippen LogP contribution in [-0.2, 0) is 16.4 Å². The van der Waals surface area contributed by atoms with Gasteiger partial charge in [0.15, 0.2) is 11.5 Å². The maximum absolute atomic E-state index is 13.2. The Morgan fingerprint density at radius 3 is 2.61 bits per heavy atom. The van der Waals surface area contributed by atoms with Crippen LogP contribution in [0, 0.1) is 12.7 Å². The van der Waals surface area contributed by atoms with E-state index in [0.717, 1.165) is 17.8 Å². The monoisotopic (exact) mass is 401 g/mol. The van der Waals surface area contributed by atoms with Crippen LogP contribution >= 0.6 is 0 Å². The lowest BCUT2D eigenvalue weighted by Gasteiger charge is -2.08. The van der Waals surface area contributed by atoms with E-state index in [-0.39, 0.29) is 10.7 Å². The molecule has 9 nitrogen and oxygen atoms in total. The lowest BCUT2D eigenvalue weighted by Crippen LogP contribution is -2.11. The van der Waals surface area contributed by atoms with E-state index < -0.39 is 20.8 Å². The topological polar surface area (TPSA) is 118 Å². The third-order valence-electron chi connectivity index (χ3n) is 4.09. The first kappa shape index (κ1) is 18.0. The Kier molecular flexibility index (Phi) is 4.30. The van der Waals surface area contributed by atoms with Crippen molar-refractivity contribution in [3.63, 3.8) is 0 Å². The second-order valence-corrected chi connectivity index (χ2v) is 7.91. The number of aromatic amines is 1. The number of rotatable bonds is 5. The van der Waals surface area contributed by atoms with Crippen LogP contribution in [0.25, 0.3) is 11.0 Å². The molecule has 0 radical (unpaired) electrons. The third-order valence-corrected chi connectivity index (χ3v) is 5.65. The number of anilines is 2. The molecule has 0 atom stereocenters. The molecule has 144 valence electrons. The van der Waals surface area contributed by atoms with Crippen molar-refractivity contribution in [1.82, 2.24) is 29.9 Å². The molecule has 0 fully saturated rings. The Morgan fingerprint density at radius 1 is 1.21 bits per heavy atom. The molecule has 0 bridgehead atoms. The van der Waals surface area contributed by atoms with Crippen molar-refractivity contribution in [2.75, 3.05) is 5.32 Å². The normalized spacial score (nSPS) is 11.8. The molecule has 0 saturated carbocycles. The van der Waals surface area contributed by atoms with Gasteiger partial charge in [-0.25, -0.2) is 17.5 Å². The quantitative estimate of drug-likeness (QED) is 0.390. The summed E-state index contributed by atoms with van der Waals surface area (Å²) in [5.74, 6) is 0.208. The number of nitrogens with one attached hydrogen (secondary N) is 2. The standard InChI is InChI=1S/C17H16FN7O2S/c1-3-25-16-13(9-19-25)15(20-14-8-10(2)23-24-14)21-17(22-16)28(26,27)12-6-4-11(18)5-7-12/h4-9H,3H2,1-2H3,(H2,20,21,22,23,24). The summed E-state index contributed by atoms with van der Waals surface area (Å²) >= 11 is 0. The SMILES string of the molecule is CCn1ncc2c(Nc3cc(C)[nH]n3)nc(S(=O)(=O)c3ccc(F)cc3)nc21. The molecule has 0 unspecified atom stereocenters. The summed E-state index contributed by atoms with van der Waals surface area (Å²) in [4.78, 5) is 8.34. The summed E-state index contributed by atoms with van der Waals surface area (Å²) in [5, 5.41) is 14.3. The Labute approximate surface area is 159 Å². The van der Waals surface area contributed by atoms with Gasteiger partial charge in [0.2, 0.25) is 9.84 Å². The second-order valence-electron chi connectivity index (χ2n) is 6.07. The van der Waals surface area contributed by atoms with Crippen LogP contribution in [0.15, 0.2) is 46.6 Å².